The zero-order chi connectivity index (χ0) is 22.5. The van der Waals surface area contributed by atoms with E-state index in [1.54, 1.807) is 37.0 Å². The second-order valence-corrected chi connectivity index (χ2v) is 7.85. The molecule has 3 rings (SSSR count). The Kier molecular flexibility index (Phi) is 6.91. The minimum absolute atomic E-state index is 0.0229. The van der Waals surface area contributed by atoms with Gasteiger partial charge in [-0.05, 0) is 54.8 Å². The first-order valence-electron chi connectivity index (χ1n) is 9.52. The Morgan fingerprint density at radius 2 is 1.81 bits per heavy atom. The average Bonchev–Trinajstić information content (AvgIpc) is 3.09. The van der Waals surface area contributed by atoms with Crippen LogP contribution in [-0.2, 0) is 20.9 Å². The Morgan fingerprint density at radius 1 is 1.06 bits per heavy atom. The third-order valence-electron chi connectivity index (χ3n) is 4.66. The summed E-state index contributed by atoms with van der Waals surface area (Å²) in [5.74, 6) is 0.332. The molecular formula is C23H24N2O5S. The number of aromatic nitrogens is 1. The number of carbonyl (C=O) groups is 2. The molecular weight excluding hydrogens is 416 g/mol. The topological polar surface area (TPSA) is 79.1 Å². The maximum absolute atomic E-state index is 12.6. The van der Waals surface area contributed by atoms with Gasteiger partial charge in [0.25, 0.3) is 5.91 Å². The van der Waals surface area contributed by atoms with Crippen molar-refractivity contribution < 1.29 is 23.8 Å². The first-order chi connectivity index (χ1) is 14.9. The standard InChI is InChI=1S/C23H24N2O5S/c1-14-10-15(2)22-17(11-14)25(13-21(27)30-5)23(31-22)24-20(26)9-7-16-6-8-18(28-3)19(12-16)29-4/h6-12H,13H2,1-5H3. The number of hydrogen-bond acceptors (Lipinski definition) is 6. The predicted octanol–water partition coefficient (Wildman–Crippen LogP) is 3.65. The summed E-state index contributed by atoms with van der Waals surface area (Å²) < 4.78 is 18.0. The number of hydrogen-bond donors (Lipinski definition) is 0. The lowest BCUT2D eigenvalue weighted by Gasteiger charge is -2.07. The summed E-state index contributed by atoms with van der Waals surface area (Å²) in [7, 11) is 4.45. The summed E-state index contributed by atoms with van der Waals surface area (Å²) in [5, 5.41) is 0. The lowest BCUT2D eigenvalue weighted by molar-refractivity contribution is -0.141. The maximum Gasteiger partial charge on any atom is 0.325 e. The molecule has 1 aromatic heterocycles. The minimum atomic E-state index is -0.436. The maximum atomic E-state index is 12.6. The van der Waals surface area contributed by atoms with E-state index in [0.29, 0.717) is 16.3 Å². The number of thiazole rings is 1. The van der Waals surface area contributed by atoms with Gasteiger partial charge in [-0.15, -0.1) is 0 Å². The number of rotatable bonds is 6. The van der Waals surface area contributed by atoms with Crippen LogP contribution in [0.4, 0.5) is 0 Å². The molecule has 0 aliphatic rings. The second-order valence-electron chi connectivity index (χ2n) is 6.87. The lowest BCUT2D eigenvalue weighted by atomic mass is 10.1. The molecule has 8 heteroatoms. The van der Waals surface area contributed by atoms with Gasteiger partial charge in [0, 0.05) is 6.08 Å². The van der Waals surface area contributed by atoms with Crippen molar-refractivity contribution in [3.63, 3.8) is 0 Å². The number of carbonyl (C=O) groups excluding carboxylic acids is 2. The van der Waals surface area contributed by atoms with Gasteiger partial charge in [-0.25, -0.2) is 0 Å². The molecule has 0 N–H and O–H groups in total. The normalized spacial score (nSPS) is 11.8. The van der Waals surface area contributed by atoms with Crippen LogP contribution >= 0.6 is 11.3 Å². The number of ether oxygens (including phenoxy) is 3. The largest absolute Gasteiger partial charge is 0.493 e. The van der Waals surface area contributed by atoms with Crippen molar-refractivity contribution in [3.05, 3.63) is 57.9 Å². The number of fused-ring (bicyclic) bond motifs is 1. The van der Waals surface area contributed by atoms with Crippen LogP contribution in [0.3, 0.4) is 0 Å². The summed E-state index contributed by atoms with van der Waals surface area (Å²) in [6, 6.07) is 9.38. The van der Waals surface area contributed by atoms with Crippen LogP contribution in [0.25, 0.3) is 16.3 Å². The first kappa shape index (κ1) is 22.3. The van der Waals surface area contributed by atoms with Crippen LogP contribution in [0.5, 0.6) is 11.5 Å². The Morgan fingerprint density at radius 3 is 2.48 bits per heavy atom. The Bertz CT molecular complexity index is 1240. The Hall–Kier alpha value is -3.39. The number of esters is 1. The Balaban J connectivity index is 2.00. The molecule has 1 heterocycles. The zero-order valence-corrected chi connectivity index (χ0v) is 18.9. The molecule has 0 aliphatic carbocycles. The summed E-state index contributed by atoms with van der Waals surface area (Å²) in [6.07, 6.45) is 3.04. The third kappa shape index (κ3) is 5.03. The summed E-state index contributed by atoms with van der Waals surface area (Å²) in [6.45, 7) is 3.96. The number of benzene rings is 2. The van der Waals surface area contributed by atoms with E-state index in [1.807, 2.05) is 26.0 Å². The highest BCUT2D eigenvalue weighted by Gasteiger charge is 2.13. The van der Waals surface area contributed by atoms with Crippen LogP contribution in [0.2, 0.25) is 0 Å². The predicted molar refractivity (Wildman–Crippen MR) is 120 cm³/mol. The fourth-order valence-corrected chi connectivity index (χ4v) is 4.28. The van der Waals surface area contributed by atoms with Gasteiger partial charge in [-0.3, -0.25) is 9.59 Å². The van der Waals surface area contributed by atoms with E-state index < -0.39 is 11.9 Å². The number of nitrogens with zero attached hydrogens (tertiary/aromatic N) is 2. The molecule has 0 saturated carbocycles. The molecule has 31 heavy (non-hydrogen) atoms. The van der Waals surface area contributed by atoms with Crippen LogP contribution in [-0.4, -0.2) is 37.8 Å². The van der Waals surface area contributed by atoms with E-state index in [4.69, 9.17) is 14.2 Å². The van der Waals surface area contributed by atoms with Gasteiger partial charge in [0.1, 0.15) is 6.54 Å². The molecule has 0 spiro atoms. The molecule has 0 bridgehead atoms. The van der Waals surface area contributed by atoms with Crippen LogP contribution < -0.4 is 14.3 Å². The molecule has 0 saturated heterocycles. The van der Waals surface area contributed by atoms with Gasteiger partial charge in [-0.1, -0.05) is 23.5 Å². The quantitative estimate of drug-likeness (QED) is 0.432. The van der Waals surface area contributed by atoms with Crippen molar-refractivity contribution in [3.8, 4) is 11.5 Å². The number of aryl methyl sites for hydroxylation is 2. The van der Waals surface area contributed by atoms with Crippen LogP contribution in [0.15, 0.2) is 41.4 Å². The molecule has 0 aliphatic heterocycles. The van der Waals surface area contributed by atoms with E-state index in [1.165, 1.54) is 24.5 Å². The van der Waals surface area contributed by atoms with Gasteiger partial charge in [0.15, 0.2) is 16.3 Å². The lowest BCUT2D eigenvalue weighted by Crippen LogP contribution is -2.22. The van der Waals surface area contributed by atoms with E-state index in [2.05, 4.69) is 11.1 Å². The monoisotopic (exact) mass is 440 g/mol. The Labute approximate surface area is 184 Å². The third-order valence-corrected chi connectivity index (χ3v) is 5.89. The number of methoxy groups -OCH3 is 3. The SMILES string of the molecule is COC(=O)Cn1c(=NC(=O)C=Cc2ccc(OC)c(OC)c2)sc2c(C)cc(C)cc21. The summed E-state index contributed by atoms with van der Waals surface area (Å²) in [4.78, 5) is 29.2. The van der Waals surface area contributed by atoms with E-state index >= 15 is 0 Å². The molecule has 0 atom stereocenters. The molecule has 7 nitrogen and oxygen atoms in total. The molecule has 2 aromatic carbocycles. The minimum Gasteiger partial charge on any atom is -0.493 e. The van der Waals surface area contributed by atoms with E-state index in [-0.39, 0.29) is 6.54 Å². The summed E-state index contributed by atoms with van der Waals surface area (Å²) in [5.41, 5.74) is 3.75. The highest BCUT2D eigenvalue weighted by atomic mass is 32.1. The van der Waals surface area contributed by atoms with Crippen molar-refractivity contribution >= 4 is 39.5 Å². The second kappa shape index (κ2) is 9.61. The smallest absolute Gasteiger partial charge is 0.325 e. The van der Waals surface area contributed by atoms with Crippen molar-refractivity contribution in [1.29, 1.82) is 0 Å². The molecule has 1 amide bonds. The highest BCUT2D eigenvalue weighted by molar-refractivity contribution is 7.16. The van der Waals surface area contributed by atoms with Gasteiger partial charge < -0.3 is 18.8 Å². The number of amides is 1. The van der Waals surface area contributed by atoms with Crippen molar-refractivity contribution in [2.75, 3.05) is 21.3 Å². The van der Waals surface area contributed by atoms with Gasteiger partial charge in [0.05, 0.1) is 31.5 Å². The van der Waals surface area contributed by atoms with Gasteiger partial charge >= 0.3 is 5.97 Å². The van der Waals surface area contributed by atoms with Crippen molar-refractivity contribution in [2.24, 2.45) is 4.99 Å². The zero-order valence-electron chi connectivity index (χ0n) is 18.1. The van der Waals surface area contributed by atoms with Crippen LogP contribution in [0.1, 0.15) is 16.7 Å². The van der Waals surface area contributed by atoms with Crippen LogP contribution in [0, 0.1) is 13.8 Å². The fraction of sp³-hybridized carbons (Fsp3) is 0.261. The van der Waals surface area contributed by atoms with E-state index in [9.17, 15) is 9.59 Å². The summed E-state index contributed by atoms with van der Waals surface area (Å²) >= 11 is 1.37. The van der Waals surface area contributed by atoms with Gasteiger partial charge in [-0.2, -0.15) is 4.99 Å². The first-order valence-corrected chi connectivity index (χ1v) is 10.3. The highest BCUT2D eigenvalue weighted by Crippen LogP contribution is 2.28. The van der Waals surface area contributed by atoms with Crippen molar-refractivity contribution in [2.45, 2.75) is 20.4 Å². The fourth-order valence-electron chi connectivity index (χ4n) is 3.20. The van der Waals surface area contributed by atoms with Gasteiger partial charge in [0.2, 0.25) is 0 Å². The molecule has 0 unspecified atom stereocenters. The molecule has 0 radical (unpaired) electrons. The van der Waals surface area contributed by atoms with Crippen molar-refractivity contribution in [1.82, 2.24) is 4.57 Å². The molecule has 162 valence electrons. The molecule has 3 aromatic rings. The van der Waals surface area contributed by atoms with E-state index in [0.717, 1.165) is 26.9 Å². The average molecular weight is 441 g/mol. The molecule has 0 fully saturated rings.